The summed E-state index contributed by atoms with van der Waals surface area (Å²) < 4.78 is 18.5. The highest BCUT2D eigenvalue weighted by Crippen LogP contribution is 2.26. The first-order valence-corrected chi connectivity index (χ1v) is 7.11. The molecule has 2 atom stereocenters. The molecule has 1 aromatic carbocycles. The van der Waals surface area contributed by atoms with Gasteiger partial charge in [0.15, 0.2) is 0 Å². The lowest BCUT2D eigenvalue weighted by molar-refractivity contribution is 0.1000. The second-order valence-electron chi connectivity index (χ2n) is 4.97. The SMILES string of the molecule is CCN(C(=O)Nc1cc(C)c(F)cc1Cl)[C@H]1COC[C@@H]1O. The van der Waals surface area contributed by atoms with Crippen molar-refractivity contribution in [3.63, 3.8) is 0 Å². The monoisotopic (exact) mass is 316 g/mol. The van der Waals surface area contributed by atoms with Crippen molar-refractivity contribution in [2.24, 2.45) is 0 Å². The zero-order chi connectivity index (χ0) is 15.6. The number of ether oxygens (including phenoxy) is 1. The first-order valence-electron chi connectivity index (χ1n) is 6.73. The molecule has 1 aliphatic rings. The maximum Gasteiger partial charge on any atom is 0.322 e. The van der Waals surface area contributed by atoms with Crippen molar-refractivity contribution in [1.29, 1.82) is 0 Å². The third-order valence-corrected chi connectivity index (χ3v) is 3.83. The molecule has 0 radical (unpaired) electrons. The molecule has 0 aliphatic carbocycles. The first-order chi connectivity index (χ1) is 9.93. The number of benzene rings is 1. The fourth-order valence-corrected chi connectivity index (χ4v) is 2.50. The maximum absolute atomic E-state index is 13.4. The highest BCUT2D eigenvalue weighted by Gasteiger charge is 2.33. The van der Waals surface area contributed by atoms with Crippen molar-refractivity contribution in [3.8, 4) is 0 Å². The van der Waals surface area contributed by atoms with E-state index in [1.165, 1.54) is 11.0 Å². The van der Waals surface area contributed by atoms with E-state index in [-0.39, 0.29) is 11.6 Å². The molecule has 2 rings (SSSR count). The van der Waals surface area contributed by atoms with Crippen LogP contribution in [0.5, 0.6) is 0 Å². The van der Waals surface area contributed by atoms with E-state index in [9.17, 15) is 14.3 Å². The van der Waals surface area contributed by atoms with Gasteiger partial charge in [0, 0.05) is 6.54 Å². The van der Waals surface area contributed by atoms with Crippen molar-refractivity contribution < 1.29 is 19.0 Å². The Balaban J connectivity index is 2.14. The van der Waals surface area contributed by atoms with Crippen LogP contribution in [-0.2, 0) is 4.74 Å². The molecule has 0 aromatic heterocycles. The molecule has 2 amide bonds. The Hall–Kier alpha value is -1.37. The molecule has 1 aliphatic heterocycles. The summed E-state index contributed by atoms with van der Waals surface area (Å²) in [5.41, 5.74) is 0.731. The zero-order valence-electron chi connectivity index (χ0n) is 11.9. The van der Waals surface area contributed by atoms with Crippen LogP contribution in [0.25, 0.3) is 0 Å². The maximum atomic E-state index is 13.4. The Morgan fingerprint density at radius 3 is 2.86 bits per heavy atom. The number of nitrogens with zero attached hydrogens (tertiary/aromatic N) is 1. The number of halogens is 2. The van der Waals surface area contributed by atoms with Gasteiger partial charge >= 0.3 is 6.03 Å². The summed E-state index contributed by atoms with van der Waals surface area (Å²) in [6.07, 6.45) is -0.707. The van der Waals surface area contributed by atoms with Gasteiger partial charge in [-0.3, -0.25) is 0 Å². The minimum absolute atomic E-state index is 0.130. The van der Waals surface area contributed by atoms with Crippen molar-refractivity contribution in [1.82, 2.24) is 4.90 Å². The van der Waals surface area contributed by atoms with Crippen molar-refractivity contribution >= 4 is 23.3 Å². The molecule has 2 N–H and O–H groups in total. The average molecular weight is 317 g/mol. The van der Waals surface area contributed by atoms with E-state index >= 15 is 0 Å². The summed E-state index contributed by atoms with van der Waals surface area (Å²) in [6, 6.07) is 1.84. The van der Waals surface area contributed by atoms with Gasteiger partial charge in [-0.15, -0.1) is 0 Å². The number of aliphatic hydroxyl groups excluding tert-OH is 1. The molecular weight excluding hydrogens is 299 g/mol. The summed E-state index contributed by atoms with van der Waals surface area (Å²) in [5.74, 6) is -0.426. The minimum atomic E-state index is -0.707. The Bertz CT molecular complexity index is 541. The lowest BCUT2D eigenvalue weighted by Crippen LogP contribution is -2.48. The minimum Gasteiger partial charge on any atom is -0.388 e. The summed E-state index contributed by atoms with van der Waals surface area (Å²) in [5, 5.41) is 12.6. The topological polar surface area (TPSA) is 61.8 Å². The molecular formula is C14H18ClFN2O3. The second kappa shape index (κ2) is 6.60. The number of aryl methyl sites for hydroxylation is 1. The predicted octanol–water partition coefficient (Wildman–Crippen LogP) is 2.40. The molecule has 5 nitrogen and oxygen atoms in total. The van der Waals surface area contributed by atoms with Gasteiger partial charge in [0.25, 0.3) is 0 Å². The number of amides is 2. The summed E-state index contributed by atoms with van der Waals surface area (Å²) >= 11 is 5.93. The fourth-order valence-electron chi connectivity index (χ4n) is 2.30. The van der Waals surface area contributed by atoms with Gasteiger partial charge in [0.1, 0.15) is 5.82 Å². The van der Waals surface area contributed by atoms with Crippen LogP contribution in [0, 0.1) is 12.7 Å². The summed E-state index contributed by atoms with van der Waals surface area (Å²) in [4.78, 5) is 13.8. The first kappa shape index (κ1) is 16.0. The Kier molecular flexibility index (Phi) is 5.03. The van der Waals surface area contributed by atoms with E-state index in [0.717, 1.165) is 6.07 Å². The smallest absolute Gasteiger partial charge is 0.322 e. The standard InChI is InChI=1S/C14H18ClFN2O3/c1-3-18(12-6-21-7-13(12)19)14(20)17-11-4-8(2)10(16)5-9(11)15/h4-5,12-13,19H,3,6-7H2,1-2H3,(H,17,20)/t12-,13-/m0/s1. The third-order valence-electron chi connectivity index (χ3n) is 3.51. The molecule has 1 saturated heterocycles. The van der Waals surface area contributed by atoms with Gasteiger partial charge in [-0.25, -0.2) is 9.18 Å². The summed E-state index contributed by atoms with van der Waals surface area (Å²) in [6.45, 7) is 4.31. The molecule has 0 saturated carbocycles. The highest BCUT2D eigenvalue weighted by atomic mass is 35.5. The summed E-state index contributed by atoms with van der Waals surface area (Å²) in [7, 11) is 0. The molecule has 1 aromatic rings. The van der Waals surface area contributed by atoms with Crippen LogP contribution >= 0.6 is 11.6 Å². The molecule has 1 fully saturated rings. The van der Waals surface area contributed by atoms with Crippen LogP contribution in [0.3, 0.4) is 0 Å². The van der Waals surface area contributed by atoms with Crippen LogP contribution in [-0.4, -0.2) is 47.9 Å². The molecule has 116 valence electrons. The highest BCUT2D eigenvalue weighted by molar-refractivity contribution is 6.33. The second-order valence-corrected chi connectivity index (χ2v) is 5.38. The van der Waals surface area contributed by atoms with Gasteiger partial charge in [-0.2, -0.15) is 0 Å². The van der Waals surface area contributed by atoms with Crippen LogP contribution < -0.4 is 5.32 Å². The van der Waals surface area contributed by atoms with Crippen molar-refractivity contribution in [2.45, 2.75) is 26.0 Å². The zero-order valence-corrected chi connectivity index (χ0v) is 12.7. The number of nitrogens with one attached hydrogen (secondary N) is 1. The van der Waals surface area contributed by atoms with Crippen LogP contribution in [0.2, 0.25) is 5.02 Å². The van der Waals surface area contributed by atoms with Gasteiger partial charge < -0.3 is 20.1 Å². The molecule has 0 unspecified atom stereocenters. The van der Waals surface area contributed by atoms with Crippen LogP contribution in [0.15, 0.2) is 12.1 Å². The van der Waals surface area contributed by atoms with E-state index in [1.807, 2.05) is 6.92 Å². The lowest BCUT2D eigenvalue weighted by Gasteiger charge is -2.29. The quantitative estimate of drug-likeness (QED) is 0.900. The van der Waals surface area contributed by atoms with E-state index in [2.05, 4.69) is 5.32 Å². The number of carbonyl (C=O) groups is 1. The Morgan fingerprint density at radius 2 is 2.29 bits per heavy atom. The van der Waals surface area contributed by atoms with Gasteiger partial charge in [-0.1, -0.05) is 11.6 Å². The largest absolute Gasteiger partial charge is 0.388 e. The third kappa shape index (κ3) is 3.45. The van der Waals surface area contributed by atoms with Crippen molar-refractivity contribution in [3.05, 3.63) is 28.5 Å². The molecule has 1 heterocycles. The molecule has 7 heteroatoms. The van der Waals surface area contributed by atoms with Crippen molar-refractivity contribution in [2.75, 3.05) is 25.1 Å². The number of urea groups is 1. The number of likely N-dealkylation sites (N-methyl/N-ethyl adjacent to an activating group) is 1. The lowest BCUT2D eigenvalue weighted by atomic mass is 10.2. The molecule has 0 bridgehead atoms. The van der Waals surface area contributed by atoms with E-state index in [0.29, 0.717) is 24.4 Å². The molecule has 0 spiro atoms. The Labute approximate surface area is 127 Å². The predicted molar refractivity (Wildman–Crippen MR) is 78.2 cm³/mol. The van der Waals surface area contributed by atoms with Gasteiger partial charge in [0.05, 0.1) is 36.1 Å². The number of anilines is 1. The van der Waals surface area contributed by atoms with Gasteiger partial charge in [0.2, 0.25) is 0 Å². The van der Waals surface area contributed by atoms with E-state index in [4.69, 9.17) is 16.3 Å². The number of aliphatic hydroxyl groups is 1. The van der Waals surface area contributed by atoms with Crippen LogP contribution in [0.4, 0.5) is 14.9 Å². The van der Waals surface area contributed by atoms with E-state index in [1.54, 1.807) is 6.92 Å². The van der Waals surface area contributed by atoms with Gasteiger partial charge in [-0.05, 0) is 31.5 Å². The number of hydrogen-bond acceptors (Lipinski definition) is 3. The average Bonchev–Trinajstić information content (AvgIpc) is 2.83. The Morgan fingerprint density at radius 1 is 1.57 bits per heavy atom. The van der Waals surface area contributed by atoms with E-state index < -0.39 is 24.0 Å². The normalized spacial score (nSPS) is 21.4. The fraction of sp³-hybridized carbons (Fsp3) is 0.500. The molecule has 21 heavy (non-hydrogen) atoms. The number of rotatable bonds is 3. The number of carbonyl (C=O) groups excluding carboxylic acids is 1. The van der Waals surface area contributed by atoms with Crippen LogP contribution in [0.1, 0.15) is 12.5 Å². The number of hydrogen-bond donors (Lipinski definition) is 2.